The van der Waals surface area contributed by atoms with Crippen molar-refractivity contribution < 1.29 is 9.59 Å². The molecule has 0 saturated carbocycles. The monoisotopic (exact) mass is 370 g/mol. The van der Waals surface area contributed by atoms with Crippen molar-refractivity contribution in [3.8, 4) is 0 Å². The average molecular weight is 370 g/mol. The van der Waals surface area contributed by atoms with Gasteiger partial charge >= 0.3 is 0 Å². The van der Waals surface area contributed by atoms with E-state index in [4.69, 9.17) is 0 Å². The van der Waals surface area contributed by atoms with Crippen LogP contribution in [0.15, 0.2) is 41.6 Å². The van der Waals surface area contributed by atoms with E-state index in [1.165, 1.54) is 16.4 Å². The maximum absolute atomic E-state index is 12.6. The Labute approximate surface area is 154 Å². The predicted octanol–water partition coefficient (Wildman–Crippen LogP) is 1.99. The summed E-state index contributed by atoms with van der Waals surface area (Å²) >= 11 is 1.27. The molecule has 1 N–H and O–H groups in total. The van der Waals surface area contributed by atoms with Crippen molar-refractivity contribution in [2.75, 3.05) is 11.2 Å². The molecule has 0 aliphatic rings. The molecular formula is C17H18N6O2S. The van der Waals surface area contributed by atoms with E-state index in [0.717, 1.165) is 5.69 Å². The summed E-state index contributed by atoms with van der Waals surface area (Å²) in [7, 11) is 1.72. The minimum Gasteiger partial charge on any atom is -0.293 e. The maximum atomic E-state index is 12.6. The van der Waals surface area contributed by atoms with Gasteiger partial charge in [-0.1, -0.05) is 30.0 Å². The zero-order valence-corrected chi connectivity index (χ0v) is 15.4. The lowest BCUT2D eigenvalue weighted by molar-refractivity contribution is 0.0999. The second kappa shape index (κ2) is 7.52. The molecule has 0 aliphatic carbocycles. The molecule has 0 spiro atoms. The molecule has 1 amide bonds. The zero-order valence-electron chi connectivity index (χ0n) is 14.6. The fourth-order valence-corrected chi connectivity index (χ4v) is 3.26. The number of nitrogens with one attached hydrogen (secondary N) is 1. The Balaban J connectivity index is 1.74. The van der Waals surface area contributed by atoms with Crippen molar-refractivity contribution in [2.24, 2.45) is 7.05 Å². The van der Waals surface area contributed by atoms with E-state index >= 15 is 0 Å². The van der Waals surface area contributed by atoms with Crippen LogP contribution >= 0.6 is 11.8 Å². The van der Waals surface area contributed by atoms with Crippen LogP contribution in [0.1, 0.15) is 32.1 Å². The quantitative estimate of drug-likeness (QED) is 0.527. The Hall–Kier alpha value is -2.94. The van der Waals surface area contributed by atoms with Gasteiger partial charge in [-0.25, -0.2) is 4.68 Å². The molecule has 26 heavy (non-hydrogen) atoms. The molecule has 0 saturated heterocycles. The zero-order chi connectivity index (χ0) is 18.7. The van der Waals surface area contributed by atoms with Gasteiger partial charge in [0.25, 0.3) is 5.91 Å². The van der Waals surface area contributed by atoms with Crippen molar-refractivity contribution in [1.82, 2.24) is 24.9 Å². The highest BCUT2D eigenvalue weighted by Gasteiger charge is 2.18. The number of benzene rings is 1. The van der Waals surface area contributed by atoms with Gasteiger partial charge in [0.2, 0.25) is 5.16 Å². The fraction of sp³-hybridized carbons (Fsp3) is 0.235. The van der Waals surface area contributed by atoms with Gasteiger partial charge < -0.3 is 0 Å². The van der Waals surface area contributed by atoms with Crippen molar-refractivity contribution in [3.05, 3.63) is 58.9 Å². The standard InChI is InChI=1S/C17H18N6O2S/c1-11-9-14(15(24)10-26-17-18-20-21-22(17)3)12(2)23(11)19-16(25)13-7-5-4-6-8-13/h4-9H,10H2,1-3H3,(H,19,25). The third kappa shape index (κ3) is 3.67. The van der Waals surface area contributed by atoms with E-state index in [2.05, 4.69) is 21.0 Å². The number of Topliss-reactive ketones (excluding diaryl/α,β-unsaturated/α-hetero) is 1. The average Bonchev–Trinajstić information content (AvgIpc) is 3.18. The van der Waals surface area contributed by atoms with E-state index in [1.807, 2.05) is 13.0 Å². The molecule has 0 radical (unpaired) electrons. The molecule has 0 aliphatic heterocycles. The van der Waals surface area contributed by atoms with Crippen molar-refractivity contribution in [3.63, 3.8) is 0 Å². The molecule has 0 fully saturated rings. The van der Waals surface area contributed by atoms with Gasteiger partial charge in [0.15, 0.2) is 5.78 Å². The highest BCUT2D eigenvalue weighted by Crippen LogP contribution is 2.19. The lowest BCUT2D eigenvalue weighted by Crippen LogP contribution is -2.25. The van der Waals surface area contributed by atoms with Gasteiger partial charge in [0, 0.05) is 29.6 Å². The lowest BCUT2D eigenvalue weighted by Gasteiger charge is -2.11. The summed E-state index contributed by atoms with van der Waals surface area (Å²) in [5.41, 5.74) is 5.42. The number of aryl methyl sites for hydroxylation is 2. The first kappa shape index (κ1) is 17.9. The van der Waals surface area contributed by atoms with E-state index in [0.29, 0.717) is 22.0 Å². The molecule has 2 aromatic heterocycles. The number of rotatable bonds is 6. The maximum Gasteiger partial charge on any atom is 0.270 e. The third-order valence-electron chi connectivity index (χ3n) is 3.89. The number of tetrazole rings is 1. The van der Waals surface area contributed by atoms with Gasteiger partial charge in [0.05, 0.1) is 5.75 Å². The van der Waals surface area contributed by atoms with Crippen LogP contribution in [0.2, 0.25) is 0 Å². The molecule has 0 atom stereocenters. The topological polar surface area (TPSA) is 94.7 Å². The molecule has 9 heteroatoms. The first-order chi connectivity index (χ1) is 12.5. The number of aromatic nitrogens is 5. The van der Waals surface area contributed by atoms with E-state index in [1.54, 1.807) is 49.0 Å². The summed E-state index contributed by atoms with van der Waals surface area (Å²) in [6, 6.07) is 10.7. The van der Waals surface area contributed by atoms with Crippen LogP contribution in [-0.4, -0.2) is 42.3 Å². The highest BCUT2D eigenvalue weighted by atomic mass is 32.2. The molecule has 8 nitrogen and oxygen atoms in total. The van der Waals surface area contributed by atoms with Gasteiger partial charge in [-0.15, -0.1) is 5.10 Å². The van der Waals surface area contributed by atoms with E-state index < -0.39 is 0 Å². The molecule has 134 valence electrons. The summed E-state index contributed by atoms with van der Waals surface area (Å²) in [6.07, 6.45) is 0. The van der Waals surface area contributed by atoms with Gasteiger partial charge in [-0.2, -0.15) is 0 Å². The summed E-state index contributed by atoms with van der Waals surface area (Å²) in [5, 5.41) is 11.7. The third-order valence-corrected chi connectivity index (χ3v) is 4.91. The lowest BCUT2D eigenvalue weighted by atomic mass is 10.2. The SMILES string of the molecule is Cc1cc(C(=O)CSc2nnnn2C)c(C)n1NC(=O)c1ccccc1. The number of ketones is 1. The summed E-state index contributed by atoms with van der Waals surface area (Å²) in [4.78, 5) is 24.9. The van der Waals surface area contributed by atoms with Crippen LogP contribution in [0, 0.1) is 13.8 Å². The number of hydrogen-bond donors (Lipinski definition) is 1. The van der Waals surface area contributed by atoms with Crippen LogP contribution in [0.25, 0.3) is 0 Å². The molecule has 3 aromatic rings. The summed E-state index contributed by atoms with van der Waals surface area (Å²) in [5.74, 6) is -0.0669. The molecular weight excluding hydrogens is 352 g/mol. The Bertz CT molecular complexity index is 948. The number of thioether (sulfide) groups is 1. The van der Waals surface area contributed by atoms with Crippen LogP contribution in [0.5, 0.6) is 0 Å². The molecule has 0 unspecified atom stereocenters. The minimum absolute atomic E-state index is 0.0497. The first-order valence-electron chi connectivity index (χ1n) is 7.91. The van der Waals surface area contributed by atoms with Gasteiger partial charge in [-0.05, 0) is 42.5 Å². The molecule has 0 bridgehead atoms. The number of carbonyl (C=O) groups is 2. The Morgan fingerprint density at radius 3 is 2.58 bits per heavy atom. The number of amides is 1. The van der Waals surface area contributed by atoms with Gasteiger partial charge in [0.1, 0.15) is 0 Å². The van der Waals surface area contributed by atoms with Crippen molar-refractivity contribution in [1.29, 1.82) is 0 Å². The van der Waals surface area contributed by atoms with Crippen molar-refractivity contribution in [2.45, 2.75) is 19.0 Å². The summed E-state index contributed by atoms with van der Waals surface area (Å²) < 4.78 is 3.15. The fourth-order valence-electron chi connectivity index (χ4n) is 2.52. The number of carbonyl (C=O) groups excluding carboxylic acids is 2. The largest absolute Gasteiger partial charge is 0.293 e. The number of nitrogens with zero attached hydrogens (tertiary/aromatic N) is 5. The van der Waals surface area contributed by atoms with E-state index in [9.17, 15) is 9.59 Å². The van der Waals surface area contributed by atoms with Crippen LogP contribution in [-0.2, 0) is 7.05 Å². The smallest absolute Gasteiger partial charge is 0.270 e. The van der Waals surface area contributed by atoms with E-state index in [-0.39, 0.29) is 17.4 Å². The highest BCUT2D eigenvalue weighted by molar-refractivity contribution is 7.99. The van der Waals surface area contributed by atoms with Gasteiger partial charge in [-0.3, -0.25) is 19.7 Å². The Morgan fingerprint density at radius 2 is 1.92 bits per heavy atom. The number of hydrogen-bond acceptors (Lipinski definition) is 6. The first-order valence-corrected chi connectivity index (χ1v) is 8.89. The van der Waals surface area contributed by atoms with Crippen LogP contribution in [0.3, 0.4) is 0 Å². The molecule has 3 rings (SSSR count). The van der Waals surface area contributed by atoms with Crippen LogP contribution in [0.4, 0.5) is 0 Å². The predicted molar refractivity (Wildman–Crippen MR) is 97.9 cm³/mol. The normalized spacial score (nSPS) is 10.7. The molecule has 2 heterocycles. The summed E-state index contributed by atoms with van der Waals surface area (Å²) in [6.45, 7) is 3.65. The Kier molecular flexibility index (Phi) is 5.17. The second-order valence-corrected chi connectivity index (χ2v) is 6.67. The van der Waals surface area contributed by atoms with Crippen LogP contribution < -0.4 is 5.43 Å². The minimum atomic E-state index is -0.231. The Morgan fingerprint density at radius 1 is 1.19 bits per heavy atom. The molecule has 1 aromatic carbocycles. The van der Waals surface area contributed by atoms with Crippen molar-refractivity contribution >= 4 is 23.5 Å². The second-order valence-electron chi connectivity index (χ2n) is 5.72.